The first-order valence-electron chi connectivity index (χ1n) is 5.44. The molecule has 0 aromatic heterocycles. The van der Waals surface area contributed by atoms with Crippen LogP contribution in [0.5, 0.6) is 0 Å². The maximum Gasteiger partial charge on any atom is 0.337 e. The topological polar surface area (TPSA) is 75.3 Å². The number of hydrogen-bond donors (Lipinski definition) is 3. The third-order valence-electron chi connectivity index (χ3n) is 2.40. The molecule has 0 heterocycles. The van der Waals surface area contributed by atoms with E-state index < -0.39 is 5.97 Å². The molecule has 1 unspecified atom stereocenters. The Kier molecular flexibility index (Phi) is 4.17. The van der Waals surface area contributed by atoms with Gasteiger partial charge in [0.05, 0.1) is 11.3 Å². The van der Waals surface area contributed by atoms with Gasteiger partial charge >= 0.3 is 5.97 Å². The van der Waals surface area contributed by atoms with Gasteiger partial charge in [0.1, 0.15) is 0 Å². The molecule has 0 fully saturated rings. The van der Waals surface area contributed by atoms with Crippen molar-refractivity contribution in [2.75, 3.05) is 11.1 Å². The van der Waals surface area contributed by atoms with Crippen LogP contribution in [-0.2, 0) is 0 Å². The van der Waals surface area contributed by atoms with Crippen LogP contribution in [0.3, 0.4) is 0 Å². The summed E-state index contributed by atoms with van der Waals surface area (Å²) in [7, 11) is 0. The fourth-order valence-corrected chi connectivity index (χ4v) is 1.64. The van der Waals surface area contributed by atoms with Crippen LogP contribution in [-0.4, -0.2) is 17.1 Å². The number of aromatic carboxylic acids is 1. The van der Waals surface area contributed by atoms with Crippen molar-refractivity contribution in [1.29, 1.82) is 0 Å². The molecular formula is C12H18N2O2. The third kappa shape index (κ3) is 3.15. The molecule has 1 rings (SSSR count). The van der Waals surface area contributed by atoms with Crippen LogP contribution in [0.1, 0.15) is 37.0 Å². The Balaban J connectivity index is 2.92. The van der Waals surface area contributed by atoms with Crippen LogP contribution >= 0.6 is 0 Å². The molecular weight excluding hydrogens is 204 g/mol. The van der Waals surface area contributed by atoms with Gasteiger partial charge in [0.2, 0.25) is 0 Å². The molecule has 0 amide bonds. The molecule has 0 aliphatic rings. The fourth-order valence-electron chi connectivity index (χ4n) is 1.64. The molecule has 1 aromatic rings. The van der Waals surface area contributed by atoms with Gasteiger partial charge in [-0.05, 0) is 31.5 Å². The summed E-state index contributed by atoms with van der Waals surface area (Å²) in [6, 6.07) is 5.03. The minimum Gasteiger partial charge on any atom is -0.478 e. The molecule has 0 saturated carbocycles. The second-order valence-electron chi connectivity index (χ2n) is 3.94. The maximum atomic E-state index is 11.0. The summed E-state index contributed by atoms with van der Waals surface area (Å²) in [4.78, 5) is 11.0. The molecule has 4 heteroatoms. The van der Waals surface area contributed by atoms with Crippen LogP contribution in [0.25, 0.3) is 0 Å². The smallest absolute Gasteiger partial charge is 0.337 e. The van der Waals surface area contributed by atoms with Crippen molar-refractivity contribution in [1.82, 2.24) is 0 Å². The van der Waals surface area contributed by atoms with Gasteiger partial charge in [-0.2, -0.15) is 0 Å². The average Bonchev–Trinajstić information content (AvgIpc) is 2.17. The van der Waals surface area contributed by atoms with E-state index in [9.17, 15) is 4.79 Å². The molecule has 0 bridgehead atoms. The summed E-state index contributed by atoms with van der Waals surface area (Å²) in [6.45, 7) is 4.12. The van der Waals surface area contributed by atoms with Crippen molar-refractivity contribution >= 4 is 17.3 Å². The number of anilines is 2. The molecule has 4 nitrogen and oxygen atoms in total. The summed E-state index contributed by atoms with van der Waals surface area (Å²) in [5, 5.41) is 12.2. The van der Waals surface area contributed by atoms with Gasteiger partial charge in [-0.1, -0.05) is 13.3 Å². The molecule has 0 aliphatic carbocycles. The Labute approximate surface area is 95.5 Å². The zero-order chi connectivity index (χ0) is 12.1. The standard InChI is InChI=1S/C12H18N2O2/c1-3-4-8(2)14-11-7-9(13)5-6-10(11)12(15)16/h5-8,14H,3-4,13H2,1-2H3,(H,15,16). The number of nitrogens with two attached hydrogens (primary N) is 1. The molecule has 1 aromatic carbocycles. The van der Waals surface area contributed by atoms with Crippen molar-refractivity contribution in [3.05, 3.63) is 23.8 Å². The van der Waals surface area contributed by atoms with E-state index in [2.05, 4.69) is 12.2 Å². The second-order valence-corrected chi connectivity index (χ2v) is 3.94. The fraction of sp³-hybridized carbons (Fsp3) is 0.417. The SMILES string of the molecule is CCCC(C)Nc1cc(N)ccc1C(=O)O. The number of carbonyl (C=O) groups is 1. The first kappa shape index (κ1) is 12.4. The number of benzene rings is 1. The average molecular weight is 222 g/mol. The third-order valence-corrected chi connectivity index (χ3v) is 2.40. The van der Waals surface area contributed by atoms with Gasteiger partial charge in [0, 0.05) is 11.7 Å². The van der Waals surface area contributed by atoms with Crippen LogP contribution in [0.15, 0.2) is 18.2 Å². The Morgan fingerprint density at radius 3 is 2.81 bits per heavy atom. The Hall–Kier alpha value is -1.71. The minimum absolute atomic E-state index is 0.241. The van der Waals surface area contributed by atoms with Gasteiger partial charge in [-0.3, -0.25) is 0 Å². The minimum atomic E-state index is -0.939. The number of carboxylic acids is 1. The Morgan fingerprint density at radius 1 is 1.56 bits per heavy atom. The van der Waals surface area contributed by atoms with Crippen LogP contribution in [0, 0.1) is 0 Å². The highest BCUT2D eigenvalue weighted by molar-refractivity contribution is 5.95. The van der Waals surface area contributed by atoms with E-state index in [-0.39, 0.29) is 11.6 Å². The molecule has 4 N–H and O–H groups in total. The lowest BCUT2D eigenvalue weighted by atomic mass is 10.1. The van der Waals surface area contributed by atoms with Crippen LogP contribution < -0.4 is 11.1 Å². The molecule has 16 heavy (non-hydrogen) atoms. The second kappa shape index (κ2) is 5.39. The molecule has 0 radical (unpaired) electrons. The number of nitrogens with one attached hydrogen (secondary N) is 1. The van der Waals surface area contributed by atoms with Gasteiger partial charge in [0.15, 0.2) is 0 Å². The van der Waals surface area contributed by atoms with E-state index in [0.29, 0.717) is 11.4 Å². The molecule has 0 spiro atoms. The lowest BCUT2D eigenvalue weighted by Crippen LogP contribution is -2.17. The first-order chi connectivity index (χ1) is 7.54. The number of hydrogen-bond acceptors (Lipinski definition) is 3. The van der Waals surface area contributed by atoms with E-state index in [0.717, 1.165) is 12.8 Å². The summed E-state index contributed by atoms with van der Waals surface area (Å²) < 4.78 is 0. The lowest BCUT2D eigenvalue weighted by Gasteiger charge is -2.16. The van der Waals surface area contributed by atoms with Crippen molar-refractivity contribution < 1.29 is 9.90 Å². The Bertz CT molecular complexity index is 377. The monoisotopic (exact) mass is 222 g/mol. The lowest BCUT2D eigenvalue weighted by molar-refractivity contribution is 0.0698. The molecule has 0 saturated heterocycles. The first-order valence-corrected chi connectivity index (χ1v) is 5.44. The number of nitrogen functional groups attached to an aromatic ring is 1. The zero-order valence-corrected chi connectivity index (χ0v) is 9.66. The van der Waals surface area contributed by atoms with Crippen molar-refractivity contribution in [2.24, 2.45) is 0 Å². The highest BCUT2D eigenvalue weighted by Crippen LogP contribution is 2.20. The van der Waals surface area contributed by atoms with Crippen LogP contribution in [0.2, 0.25) is 0 Å². The summed E-state index contributed by atoms with van der Waals surface area (Å²) in [5.41, 5.74) is 7.06. The molecule has 0 aliphatic heterocycles. The summed E-state index contributed by atoms with van der Waals surface area (Å²) in [5.74, 6) is -0.939. The van der Waals surface area contributed by atoms with E-state index in [1.165, 1.54) is 6.07 Å². The molecule has 88 valence electrons. The van der Waals surface area contributed by atoms with Gasteiger partial charge < -0.3 is 16.2 Å². The summed E-state index contributed by atoms with van der Waals surface area (Å²) in [6.07, 6.45) is 2.05. The predicted molar refractivity (Wildman–Crippen MR) is 65.8 cm³/mol. The summed E-state index contributed by atoms with van der Waals surface area (Å²) >= 11 is 0. The quantitative estimate of drug-likeness (QED) is 0.669. The Morgan fingerprint density at radius 2 is 2.25 bits per heavy atom. The van der Waals surface area contributed by atoms with E-state index in [4.69, 9.17) is 10.8 Å². The number of carboxylic acid groups (broad SMARTS) is 1. The predicted octanol–water partition coefficient (Wildman–Crippen LogP) is 2.57. The van der Waals surface area contributed by atoms with Gasteiger partial charge in [-0.15, -0.1) is 0 Å². The highest BCUT2D eigenvalue weighted by Gasteiger charge is 2.11. The van der Waals surface area contributed by atoms with Crippen molar-refractivity contribution in [3.8, 4) is 0 Å². The van der Waals surface area contributed by atoms with E-state index in [1.807, 2.05) is 6.92 Å². The normalized spacial score (nSPS) is 12.1. The highest BCUT2D eigenvalue weighted by atomic mass is 16.4. The van der Waals surface area contributed by atoms with Crippen molar-refractivity contribution in [2.45, 2.75) is 32.7 Å². The largest absolute Gasteiger partial charge is 0.478 e. The van der Waals surface area contributed by atoms with Crippen LogP contribution in [0.4, 0.5) is 11.4 Å². The van der Waals surface area contributed by atoms with E-state index in [1.54, 1.807) is 12.1 Å². The van der Waals surface area contributed by atoms with E-state index >= 15 is 0 Å². The molecule has 1 atom stereocenters. The maximum absolute atomic E-state index is 11.0. The van der Waals surface area contributed by atoms with Gasteiger partial charge in [0.25, 0.3) is 0 Å². The van der Waals surface area contributed by atoms with Crippen molar-refractivity contribution in [3.63, 3.8) is 0 Å². The van der Waals surface area contributed by atoms with Gasteiger partial charge in [-0.25, -0.2) is 4.79 Å². The zero-order valence-electron chi connectivity index (χ0n) is 9.66. The number of rotatable bonds is 5.